The van der Waals surface area contributed by atoms with Gasteiger partial charge in [-0.2, -0.15) is 0 Å². The Balaban J connectivity index is 1.51. The quantitative estimate of drug-likeness (QED) is 0.419. The summed E-state index contributed by atoms with van der Waals surface area (Å²) < 4.78 is 19.4. The van der Waals surface area contributed by atoms with Gasteiger partial charge in [0.2, 0.25) is 0 Å². The molecule has 0 aliphatic carbocycles. The predicted molar refractivity (Wildman–Crippen MR) is 132 cm³/mol. The van der Waals surface area contributed by atoms with Gasteiger partial charge in [0.15, 0.2) is 0 Å². The number of aliphatic hydroxyl groups is 1. The lowest BCUT2D eigenvalue weighted by Gasteiger charge is -2.44. The third kappa shape index (κ3) is 5.31. The van der Waals surface area contributed by atoms with Crippen molar-refractivity contribution >= 4 is 6.09 Å². The Bertz CT molecular complexity index is 1110. The highest BCUT2D eigenvalue weighted by Gasteiger charge is 2.44. The molecule has 0 bridgehead atoms. The second-order valence-electron chi connectivity index (χ2n) is 9.79. The highest BCUT2D eigenvalue weighted by Crippen LogP contribution is 2.41. The van der Waals surface area contributed by atoms with Crippen molar-refractivity contribution in [2.75, 3.05) is 6.54 Å². The molecule has 0 saturated carbocycles. The van der Waals surface area contributed by atoms with E-state index in [2.05, 4.69) is 0 Å². The Labute approximate surface area is 201 Å². The predicted octanol–water partition coefficient (Wildman–Crippen LogP) is 6.84. The first-order chi connectivity index (χ1) is 16.2. The van der Waals surface area contributed by atoms with E-state index < -0.39 is 11.2 Å². The fourth-order valence-electron chi connectivity index (χ4n) is 4.57. The van der Waals surface area contributed by atoms with Crippen LogP contribution in [0.4, 0.5) is 9.18 Å². The molecule has 1 aliphatic rings. The fourth-order valence-corrected chi connectivity index (χ4v) is 4.57. The molecule has 1 N–H and O–H groups in total. The Morgan fingerprint density at radius 3 is 2.15 bits per heavy atom. The van der Waals surface area contributed by atoms with Gasteiger partial charge < -0.3 is 14.7 Å². The van der Waals surface area contributed by atoms with Gasteiger partial charge in [-0.25, -0.2) is 9.18 Å². The average Bonchev–Trinajstić information content (AvgIpc) is 2.83. The van der Waals surface area contributed by atoms with Crippen LogP contribution in [0.25, 0.3) is 11.1 Å². The number of nitrogens with zero attached hydrogens (tertiary/aromatic N) is 1. The van der Waals surface area contributed by atoms with Gasteiger partial charge in [0.1, 0.15) is 11.4 Å². The van der Waals surface area contributed by atoms with Crippen molar-refractivity contribution in [1.82, 2.24) is 4.90 Å². The molecular weight excluding hydrogens is 429 g/mol. The van der Waals surface area contributed by atoms with E-state index in [0.29, 0.717) is 25.8 Å². The van der Waals surface area contributed by atoms with Crippen LogP contribution in [0.15, 0.2) is 78.9 Å². The van der Waals surface area contributed by atoms with E-state index in [9.17, 15) is 14.3 Å². The zero-order valence-electron chi connectivity index (χ0n) is 20.0. The highest BCUT2D eigenvalue weighted by molar-refractivity contribution is 5.70. The SMILES string of the molecule is C[C@@H](c1ccc(-c2ccc(F)cc2)cc1)N1CC[C@](CCC(C)(C)O)(c2ccccc2)OC1=O. The van der Waals surface area contributed by atoms with Gasteiger partial charge in [0.25, 0.3) is 0 Å². The molecule has 0 aromatic heterocycles. The van der Waals surface area contributed by atoms with Crippen molar-refractivity contribution in [2.45, 2.75) is 57.3 Å². The minimum atomic E-state index is -0.842. The van der Waals surface area contributed by atoms with Crippen molar-refractivity contribution < 1.29 is 19.0 Å². The number of halogens is 1. The van der Waals surface area contributed by atoms with Crippen molar-refractivity contribution in [2.24, 2.45) is 0 Å². The van der Waals surface area contributed by atoms with E-state index in [-0.39, 0.29) is 18.0 Å². The lowest BCUT2D eigenvalue weighted by Crippen LogP contribution is -2.49. The van der Waals surface area contributed by atoms with E-state index in [1.54, 1.807) is 30.9 Å². The number of amides is 1. The fraction of sp³-hybridized carbons (Fsp3) is 0.345. The largest absolute Gasteiger partial charge is 0.438 e. The van der Waals surface area contributed by atoms with Gasteiger partial charge in [-0.05, 0) is 68.0 Å². The minimum Gasteiger partial charge on any atom is -0.438 e. The zero-order valence-corrected chi connectivity index (χ0v) is 20.0. The van der Waals surface area contributed by atoms with Gasteiger partial charge >= 0.3 is 6.09 Å². The number of rotatable bonds is 7. The molecule has 3 aromatic rings. The number of ether oxygens (including phenoxy) is 1. The van der Waals surface area contributed by atoms with Gasteiger partial charge in [0.05, 0.1) is 11.6 Å². The van der Waals surface area contributed by atoms with Crippen molar-refractivity contribution in [3.8, 4) is 11.1 Å². The Kier molecular flexibility index (Phi) is 6.76. The molecule has 4 rings (SSSR count). The second kappa shape index (κ2) is 9.59. The van der Waals surface area contributed by atoms with E-state index in [0.717, 1.165) is 22.3 Å². The molecule has 1 aliphatic heterocycles. The Morgan fingerprint density at radius 1 is 1.00 bits per heavy atom. The number of hydrogen-bond donors (Lipinski definition) is 1. The molecule has 2 atom stereocenters. The van der Waals surface area contributed by atoms with E-state index in [1.165, 1.54) is 12.1 Å². The van der Waals surface area contributed by atoms with Crippen molar-refractivity contribution in [3.05, 3.63) is 95.8 Å². The van der Waals surface area contributed by atoms with Gasteiger partial charge in [-0.3, -0.25) is 0 Å². The molecule has 1 heterocycles. The summed E-state index contributed by atoms with van der Waals surface area (Å²) in [6.07, 6.45) is 1.38. The summed E-state index contributed by atoms with van der Waals surface area (Å²) in [6.45, 7) is 6.11. The van der Waals surface area contributed by atoms with Crippen LogP contribution in [-0.2, 0) is 10.3 Å². The van der Waals surface area contributed by atoms with Crippen molar-refractivity contribution in [1.29, 1.82) is 0 Å². The first kappa shape index (κ1) is 24.0. The van der Waals surface area contributed by atoms with Crippen LogP contribution in [-0.4, -0.2) is 28.2 Å². The molecule has 0 unspecified atom stereocenters. The maximum absolute atomic E-state index is 13.2. The number of cyclic esters (lactones) is 1. The van der Waals surface area contributed by atoms with E-state index in [4.69, 9.17) is 4.74 Å². The van der Waals surface area contributed by atoms with E-state index in [1.807, 2.05) is 61.5 Å². The van der Waals surface area contributed by atoms with Gasteiger partial charge in [-0.15, -0.1) is 0 Å². The van der Waals surface area contributed by atoms with Crippen LogP contribution in [0, 0.1) is 5.82 Å². The number of carbonyl (C=O) groups is 1. The number of benzene rings is 3. The molecule has 1 saturated heterocycles. The Hall–Kier alpha value is -3.18. The lowest BCUT2D eigenvalue weighted by atomic mass is 9.82. The molecule has 1 amide bonds. The van der Waals surface area contributed by atoms with Crippen LogP contribution in [0.1, 0.15) is 57.2 Å². The summed E-state index contributed by atoms with van der Waals surface area (Å²) in [7, 11) is 0. The summed E-state index contributed by atoms with van der Waals surface area (Å²) in [4.78, 5) is 15.0. The first-order valence-electron chi connectivity index (χ1n) is 11.8. The summed E-state index contributed by atoms with van der Waals surface area (Å²) in [5.41, 5.74) is 2.31. The molecule has 5 heteroatoms. The van der Waals surface area contributed by atoms with Gasteiger partial charge in [-0.1, -0.05) is 66.7 Å². The molecule has 0 spiro atoms. The average molecular weight is 462 g/mol. The van der Waals surface area contributed by atoms with Crippen LogP contribution >= 0.6 is 0 Å². The normalized spacial score (nSPS) is 19.6. The number of carbonyl (C=O) groups excluding carboxylic acids is 1. The monoisotopic (exact) mass is 461 g/mol. The third-order valence-electron chi connectivity index (χ3n) is 6.75. The minimum absolute atomic E-state index is 0.155. The first-order valence-corrected chi connectivity index (χ1v) is 11.8. The smallest absolute Gasteiger partial charge is 0.411 e. The van der Waals surface area contributed by atoms with Crippen molar-refractivity contribution in [3.63, 3.8) is 0 Å². The third-order valence-corrected chi connectivity index (χ3v) is 6.75. The Morgan fingerprint density at radius 2 is 1.59 bits per heavy atom. The molecule has 0 radical (unpaired) electrons. The summed E-state index contributed by atoms with van der Waals surface area (Å²) in [5.74, 6) is -0.258. The maximum atomic E-state index is 13.2. The topological polar surface area (TPSA) is 49.8 Å². The van der Waals surface area contributed by atoms with E-state index >= 15 is 0 Å². The summed E-state index contributed by atoms with van der Waals surface area (Å²) in [6, 6.07) is 24.1. The molecule has 4 nitrogen and oxygen atoms in total. The molecular formula is C29H32FNO3. The molecule has 34 heavy (non-hydrogen) atoms. The maximum Gasteiger partial charge on any atom is 0.411 e. The van der Waals surface area contributed by atoms with Crippen LogP contribution in [0.3, 0.4) is 0 Å². The molecule has 3 aromatic carbocycles. The summed E-state index contributed by atoms with van der Waals surface area (Å²) >= 11 is 0. The second-order valence-corrected chi connectivity index (χ2v) is 9.79. The number of hydrogen-bond acceptors (Lipinski definition) is 3. The highest BCUT2D eigenvalue weighted by atomic mass is 19.1. The van der Waals surface area contributed by atoms with Crippen LogP contribution in [0.2, 0.25) is 0 Å². The molecule has 178 valence electrons. The summed E-state index contributed by atoms with van der Waals surface area (Å²) in [5, 5.41) is 10.3. The molecule has 1 fully saturated rings. The zero-order chi connectivity index (χ0) is 24.3. The standard InChI is InChI=1S/C29H32FNO3/c1-21(22-9-11-23(12-10-22)24-13-15-26(30)16-14-24)31-20-19-29(34-27(31)32,18-17-28(2,3)33)25-7-5-4-6-8-25/h4-16,21,33H,17-20H2,1-3H3/t21-,29+/m0/s1. The van der Waals surface area contributed by atoms with Crippen LogP contribution < -0.4 is 0 Å². The van der Waals surface area contributed by atoms with Crippen LogP contribution in [0.5, 0.6) is 0 Å². The lowest BCUT2D eigenvalue weighted by molar-refractivity contribution is -0.0767. The van der Waals surface area contributed by atoms with Gasteiger partial charge in [0, 0.05) is 13.0 Å².